The lowest BCUT2D eigenvalue weighted by atomic mass is 10.00. The second kappa shape index (κ2) is 8.77. The molecule has 0 bridgehead atoms. The number of carbonyl (C=O) groups excluding carboxylic acids is 1. The molecule has 0 amide bonds. The maximum atomic E-state index is 13.3. The topological polar surface area (TPSA) is 91.0 Å². The molecule has 2 aliphatic rings. The highest BCUT2D eigenvalue weighted by molar-refractivity contribution is 7.89. The van der Waals surface area contributed by atoms with Crippen molar-refractivity contribution >= 4 is 21.7 Å². The summed E-state index contributed by atoms with van der Waals surface area (Å²) >= 11 is 0. The van der Waals surface area contributed by atoms with E-state index < -0.39 is 27.3 Å². The summed E-state index contributed by atoms with van der Waals surface area (Å²) < 4.78 is 33.1. The van der Waals surface area contributed by atoms with E-state index in [0.29, 0.717) is 32.6 Å². The standard InChI is InChI=1S/C19H30N4O4S/c1-4-16-17(19(24)27-5-2)18(21-20-16)28(25,26)23-12-10-22(11-13-23)15-8-6-14(3)7-9-15/h6-9,16-18,20-21H,4-5,10-13H2,1-3H3. The Morgan fingerprint density at radius 2 is 1.75 bits per heavy atom. The minimum Gasteiger partial charge on any atom is -0.466 e. The van der Waals surface area contributed by atoms with Crippen LogP contribution in [0, 0.1) is 12.8 Å². The molecule has 156 valence electrons. The predicted molar refractivity (Wildman–Crippen MR) is 108 cm³/mol. The fraction of sp³-hybridized carbons (Fsp3) is 0.632. The molecular weight excluding hydrogens is 380 g/mol. The van der Waals surface area contributed by atoms with E-state index in [1.165, 1.54) is 9.87 Å². The van der Waals surface area contributed by atoms with E-state index >= 15 is 0 Å². The molecule has 0 spiro atoms. The van der Waals surface area contributed by atoms with Crippen molar-refractivity contribution < 1.29 is 17.9 Å². The zero-order valence-corrected chi connectivity index (χ0v) is 17.5. The van der Waals surface area contributed by atoms with Gasteiger partial charge in [0.25, 0.3) is 0 Å². The average molecular weight is 411 g/mol. The van der Waals surface area contributed by atoms with Gasteiger partial charge in [-0.25, -0.2) is 13.8 Å². The molecule has 1 aromatic rings. The molecule has 3 rings (SSSR count). The molecule has 0 aromatic heterocycles. The number of rotatable bonds is 6. The molecule has 0 saturated carbocycles. The summed E-state index contributed by atoms with van der Waals surface area (Å²) in [7, 11) is -3.70. The van der Waals surface area contributed by atoms with Crippen LogP contribution in [0.3, 0.4) is 0 Å². The van der Waals surface area contributed by atoms with Crippen molar-refractivity contribution in [3.8, 4) is 0 Å². The normalized spacial score (nSPS) is 26.4. The molecule has 2 aliphatic heterocycles. The Bertz CT molecular complexity index is 776. The van der Waals surface area contributed by atoms with Gasteiger partial charge in [0, 0.05) is 37.9 Å². The van der Waals surface area contributed by atoms with Crippen LogP contribution in [-0.4, -0.2) is 62.9 Å². The lowest BCUT2D eigenvalue weighted by Crippen LogP contribution is -2.55. The molecule has 0 aliphatic carbocycles. The summed E-state index contributed by atoms with van der Waals surface area (Å²) in [4.78, 5) is 14.6. The molecule has 3 atom stereocenters. The van der Waals surface area contributed by atoms with Crippen LogP contribution in [0.25, 0.3) is 0 Å². The third-order valence-electron chi connectivity index (χ3n) is 5.49. The maximum absolute atomic E-state index is 13.3. The van der Waals surface area contributed by atoms with Crippen molar-refractivity contribution in [3.63, 3.8) is 0 Å². The molecule has 2 fully saturated rings. The number of carbonyl (C=O) groups is 1. The fourth-order valence-electron chi connectivity index (χ4n) is 3.84. The molecule has 1 aromatic carbocycles. The Hall–Kier alpha value is -1.68. The van der Waals surface area contributed by atoms with Crippen LogP contribution >= 0.6 is 0 Å². The first-order chi connectivity index (χ1) is 13.4. The number of hydrazine groups is 1. The van der Waals surface area contributed by atoms with E-state index in [1.807, 2.05) is 13.8 Å². The van der Waals surface area contributed by atoms with Gasteiger partial charge in [-0.15, -0.1) is 0 Å². The highest BCUT2D eigenvalue weighted by Crippen LogP contribution is 2.27. The molecule has 2 saturated heterocycles. The fourth-order valence-corrected chi connectivity index (χ4v) is 5.72. The lowest BCUT2D eigenvalue weighted by Gasteiger charge is -2.37. The van der Waals surface area contributed by atoms with E-state index in [9.17, 15) is 13.2 Å². The van der Waals surface area contributed by atoms with E-state index in [-0.39, 0.29) is 12.6 Å². The van der Waals surface area contributed by atoms with E-state index in [0.717, 1.165) is 5.69 Å². The molecular formula is C19H30N4O4S. The Labute approximate surface area is 167 Å². The van der Waals surface area contributed by atoms with E-state index in [2.05, 4.69) is 40.0 Å². The quantitative estimate of drug-likeness (QED) is 0.672. The van der Waals surface area contributed by atoms with Crippen LogP contribution in [0.5, 0.6) is 0 Å². The van der Waals surface area contributed by atoms with Crippen molar-refractivity contribution in [2.75, 3.05) is 37.7 Å². The summed E-state index contributed by atoms with van der Waals surface area (Å²) in [6.45, 7) is 7.92. The van der Waals surface area contributed by atoms with Gasteiger partial charge in [-0.1, -0.05) is 24.6 Å². The van der Waals surface area contributed by atoms with Gasteiger partial charge in [-0.3, -0.25) is 10.2 Å². The Kier molecular flexibility index (Phi) is 6.59. The first kappa shape index (κ1) is 21.0. The summed E-state index contributed by atoms with van der Waals surface area (Å²) in [5, 5.41) is -1.01. The Morgan fingerprint density at radius 3 is 2.32 bits per heavy atom. The Morgan fingerprint density at radius 1 is 1.11 bits per heavy atom. The number of benzene rings is 1. The number of sulfonamides is 1. The number of ether oxygens (including phenoxy) is 1. The number of aryl methyl sites for hydroxylation is 1. The molecule has 2 N–H and O–H groups in total. The molecule has 3 unspecified atom stereocenters. The van der Waals surface area contributed by atoms with Gasteiger partial charge in [-0.05, 0) is 32.4 Å². The van der Waals surface area contributed by atoms with E-state index in [4.69, 9.17) is 4.74 Å². The highest BCUT2D eigenvalue weighted by atomic mass is 32.2. The van der Waals surface area contributed by atoms with Gasteiger partial charge in [0.1, 0.15) is 5.92 Å². The third kappa shape index (κ3) is 4.17. The van der Waals surface area contributed by atoms with E-state index in [1.54, 1.807) is 6.92 Å². The third-order valence-corrected chi connectivity index (χ3v) is 7.63. The first-order valence-corrected chi connectivity index (χ1v) is 11.4. The number of hydrogen-bond donors (Lipinski definition) is 2. The van der Waals surface area contributed by atoms with Gasteiger partial charge in [0.2, 0.25) is 10.0 Å². The van der Waals surface area contributed by atoms with Crippen molar-refractivity contribution in [1.82, 2.24) is 15.2 Å². The summed E-state index contributed by atoms with van der Waals surface area (Å²) in [5.74, 6) is -1.23. The number of nitrogens with one attached hydrogen (secondary N) is 2. The van der Waals surface area contributed by atoms with Gasteiger partial charge in [0.05, 0.1) is 6.61 Å². The maximum Gasteiger partial charge on any atom is 0.313 e. The minimum absolute atomic E-state index is 0.230. The number of nitrogens with zero attached hydrogens (tertiary/aromatic N) is 2. The van der Waals surface area contributed by atoms with Gasteiger partial charge in [-0.2, -0.15) is 4.31 Å². The van der Waals surface area contributed by atoms with Crippen LogP contribution < -0.4 is 15.8 Å². The van der Waals surface area contributed by atoms with Crippen molar-refractivity contribution in [2.45, 2.75) is 38.6 Å². The lowest BCUT2D eigenvalue weighted by molar-refractivity contribution is -0.148. The number of anilines is 1. The second-order valence-corrected chi connectivity index (χ2v) is 9.32. The number of hydrogen-bond acceptors (Lipinski definition) is 7. The molecule has 28 heavy (non-hydrogen) atoms. The number of esters is 1. The second-order valence-electron chi connectivity index (χ2n) is 7.27. The molecule has 2 heterocycles. The zero-order chi connectivity index (χ0) is 20.3. The van der Waals surface area contributed by atoms with Crippen LogP contribution in [0.1, 0.15) is 25.8 Å². The first-order valence-electron chi connectivity index (χ1n) is 9.86. The molecule has 9 heteroatoms. The monoisotopic (exact) mass is 410 g/mol. The van der Waals surface area contributed by atoms with Crippen LogP contribution in [0.15, 0.2) is 24.3 Å². The SMILES string of the molecule is CCOC(=O)C1C(CC)NNC1S(=O)(=O)N1CCN(c2ccc(C)cc2)CC1. The number of piperazine rings is 1. The average Bonchev–Trinajstić information content (AvgIpc) is 3.14. The van der Waals surface area contributed by atoms with Crippen molar-refractivity contribution in [1.29, 1.82) is 0 Å². The summed E-state index contributed by atoms with van der Waals surface area (Å²) in [6, 6.07) is 7.96. The smallest absolute Gasteiger partial charge is 0.313 e. The Balaban J connectivity index is 1.70. The largest absolute Gasteiger partial charge is 0.466 e. The van der Waals surface area contributed by atoms with Gasteiger partial charge < -0.3 is 9.64 Å². The molecule has 0 radical (unpaired) electrons. The van der Waals surface area contributed by atoms with Gasteiger partial charge >= 0.3 is 5.97 Å². The molecule has 8 nitrogen and oxygen atoms in total. The van der Waals surface area contributed by atoms with Crippen molar-refractivity contribution in [2.24, 2.45) is 5.92 Å². The minimum atomic E-state index is -3.70. The van der Waals surface area contributed by atoms with Crippen LogP contribution in [0.4, 0.5) is 5.69 Å². The van der Waals surface area contributed by atoms with Crippen molar-refractivity contribution in [3.05, 3.63) is 29.8 Å². The summed E-state index contributed by atoms with van der Waals surface area (Å²) in [5.41, 5.74) is 8.09. The van der Waals surface area contributed by atoms with Crippen LogP contribution in [0.2, 0.25) is 0 Å². The summed E-state index contributed by atoms with van der Waals surface area (Å²) in [6.07, 6.45) is 0.629. The van der Waals surface area contributed by atoms with Gasteiger partial charge in [0.15, 0.2) is 5.37 Å². The predicted octanol–water partition coefficient (Wildman–Crippen LogP) is 0.839. The zero-order valence-electron chi connectivity index (χ0n) is 16.7. The van der Waals surface area contributed by atoms with Crippen LogP contribution in [-0.2, 0) is 19.6 Å². The highest BCUT2D eigenvalue weighted by Gasteiger charge is 2.50.